The molecule has 0 N–H and O–H groups in total. The third-order valence-corrected chi connectivity index (χ3v) is 10.6. The van der Waals surface area contributed by atoms with Crippen LogP contribution in [0.3, 0.4) is 0 Å². The first kappa shape index (κ1) is 58.2. The molecule has 3 unspecified atom stereocenters. The fraction of sp³-hybridized carbons (Fsp3) is 0.917. The Hall–Kier alpha value is -0.488. The Labute approximate surface area is 327 Å². The molecular weight excluding hydrogens is 744 g/mol. The fourth-order valence-electron chi connectivity index (χ4n) is 4.30. The average Bonchev–Trinajstić information content (AvgIpc) is 3.04. The zero-order valence-electron chi connectivity index (χ0n) is 33.4. The smallest absolute Gasteiger partial charge is 0.799 e. The van der Waals surface area contributed by atoms with Gasteiger partial charge in [-0.05, 0) is 57.7 Å². The van der Waals surface area contributed by atoms with Crippen LogP contribution in [0.5, 0.6) is 0 Å². The van der Waals surface area contributed by atoms with Crippen LogP contribution >= 0.6 is 22.1 Å². The minimum Gasteiger partial charge on any atom is -0.799 e. The van der Waals surface area contributed by atoms with Crippen molar-refractivity contribution >= 4 is 57.4 Å². The van der Waals surface area contributed by atoms with Crippen molar-refractivity contribution in [2.75, 3.05) is 58.3 Å². The molecule has 0 spiro atoms. The van der Waals surface area contributed by atoms with E-state index in [1.807, 2.05) is 0 Å². The average molecular weight is 817 g/mol. The Morgan fingerprint density at radius 2 is 0.596 bits per heavy atom. The van der Waals surface area contributed by atoms with Gasteiger partial charge in [-0.25, -0.2) is 0 Å². The molecule has 52 heavy (non-hydrogen) atoms. The van der Waals surface area contributed by atoms with Gasteiger partial charge in [-0.1, -0.05) is 117 Å². The topological polar surface area (TPSA) is 199 Å². The van der Waals surface area contributed by atoms with Gasteiger partial charge in [-0.2, -0.15) is 0 Å². The molecule has 0 saturated heterocycles. The van der Waals surface area contributed by atoms with E-state index in [0.29, 0.717) is 19.8 Å². The van der Waals surface area contributed by atoms with E-state index < -0.39 is 40.0 Å². The molecule has 0 aliphatic rings. The summed E-state index contributed by atoms with van der Waals surface area (Å²) in [6, 6.07) is 0. The summed E-state index contributed by atoms with van der Waals surface area (Å²) in [5, 5.41) is 0. The summed E-state index contributed by atoms with van der Waals surface area (Å²) in [6.07, 6.45) is 20.2. The van der Waals surface area contributed by atoms with Gasteiger partial charge < -0.3 is 42.6 Å². The molecule has 306 valence electrons. The number of hydrogen-bond donors (Lipinski definition) is 0. The molecule has 3 atom stereocenters. The van der Waals surface area contributed by atoms with Crippen LogP contribution in [0.4, 0.5) is 0 Å². The van der Waals surface area contributed by atoms with E-state index in [9.17, 15) is 42.8 Å². The van der Waals surface area contributed by atoms with E-state index >= 15 is 0 Å². The van der Waals surface area contributed by atoms with Gasteiger partial charge in [0, 0.05) is 22.1 Å². The van der Waals surface area contributed by atoms with Gasteiger partial charge in [0.25, 0.3) is 0 Å². The molecule has 0 heterocycles. The molecule has 0 rings (SSSR count). The van der Waals surface area contributed by atoms with Gasteiger partial charge in [0.15, 0.2) is 0 Å². The van der Waals surface area contributed by atoms with Crippen LogP contribution < -0.4 is 14.7 Å². The summed E-state index contributed by atoms with van der Waals surface area (Å²) in [4.78, 5) is 65.9. The Morgan fingerprint density at radius 3 is 0.788 bits per heavy atom. The Balaban J connectivity index is -0.000000329. The van der Waals surface area contributed by atoms with E-state index in [1.54, 1.807) is 0 Å². The molecule has 0 aromatic rings. The standard InChI is InChI=1S/3C12H25O4P.Al/c3*1-3-4-5-6-7-8-10-16-12(13)9-11-17(2,14)15;/h3*3-11H2,1-2H3,(H,14,15);/q;;;+3/p-3. The minimum absolute atomic E-state index is 0. The number of unbranched alkanes of at least 4 members (excludes halogenated alkanes) is 15. The third-order valence-electron chi connectivity index (χ3n) is 7.45. The molecule has 12 nitrogen and oxygen atoms in total. The van der Waals surface area contributed by atoms with Gasteiger partial charge >= 0.3 is 35.3 Å². The SMILES string of the molecule is CCCCCCCCOC(=O)CCP(C)(=O)[O-].CCCCCCCCOC(=O)CCP(C)(=O)[O-].CCCCCCCCOC(=O)CCP(C)(=O)[O-].[Al+3]. The molecule has 0 aromatic heterocycles. The summed E-state index contributed by atoms with van der Waals surface area (Å²) in [5.74, 6) is -1.22. The first-order valence-electron chi connectivity index (χ1n) is 19.2. The fourth-order valence-corrected chi connectivity index (χ4v) is 6.07. The van der Waals surface area contributed by atoms with Gasteiger partial charge in [-0.15, -0.1) is 0 Å². The van der Waals surface area contributed by atoms with Crippen molar-refractivity contribution < 1.29 is 57.0 Å². The van der Waals surface area contributed by atoms with Gasteiger partial charge in [0.1, 0.15) is 0 Å². The largest absolute Gasteiger partial charge is 3.00 e. The van der Waals surface area contributed by atoms with Crippen LogP contribution in [-0.4, -0.2) is 93.6 Å². The number of ether oxygens (including phenoxy) is 3. The third kappa shape index (κ3) is 58.8. The molecule has 0 amide bonds. The van der Waals surface area contributed by atoms with Crippen molar-refractivity contribution in [2.45, 2.75) is 156 Å². The predicted molar refractivity (Wildman–Crippen MR) is 208 cm³/mol. The summed E-state index contributed by atoms with van der Waals surface area (Å²) < 4.78 is 47.3. The second-order valence-electron chi connectivity index (χ2n) is 13.4. The van der Waals surface area contributed by atoms with Crippen LogP contribution in [0, 0.1) is 0 Å². The summed E-state index contributed by atoms with van der Waals surface area (Å²) >= 11 is 0. The second-order valence-corrected chi connectivity index (χ2v) is 20.9. The van der Waals surface area contributed by atoms with Crippen LogP contribution in [-0.2, 0) is 42.3 Å². The monoisotopic (exact) mass is 816 g/mol. The van der Waals surface area contributed by atoms with Gasteiger partial charge in [-0.3, -0.25) is 14.4 Å². The number of carbonyl (C=O) groups excluding carboxylic acids is 3. The van der Waals surface area contributed by atoms with Crippen molar-refractivity contribution in [2.24, 2.45) is 0 Å². The van der Waals surface area contributed by atoms with Gasteiger partial charge in [0.05, 0.1) is 39.1 Å². The van der Waals surface area contributed by atoms with E-state index in [0.717, 1.165) is 58.5 Å². The molecular formula is C36H72AlO12P3. The summed E-state index contributed by atoms with van der Waals surface area (Å²) in [7, 11) is -9.98. The maximum Gasteiger partial charge on any atom is 3.00 e. The maximum atomic E-state index is 11.1. The van der Waals surface area contributed by atoms with Crippen LogP contribution in [0.2, 0.25) is 0 Å². The normalized spacial score (nSPS) is 14.0. The summed E-state index contributed by atoms with van der Waals surface area (Å²) in [6.45, 7) is 11.2. The van der Waals surface area contributed by atoms with E-state index in [2.05, 4.69) is 20.8 Å². The Bertz CT molecular complexity index is 871. The van der Waals surface area contributed by atoms with Crippen LogP contribution in [0.15, 0.2) is 0 Å². The van der Waals surface area contributed by atoms with Crippen LogP contribution in [0.1, 0.15) is 156 Å². The molecule has 0 aliphatic carbocycles. The molecule has 0 radical (unpaired) electrons. The van der Waals surface area contributed by atoms with E-state index in [1.165, 1.54) is 77.0 Å². The zero-order chi connectivity index (χ0) is 39.4. The number of carbonyl (C=O) groups is 3. The van der Waals surface area contributed by atoms with Crippen molar-refractivity contribution in [3.05, 3.63) is 0 Å². The summed E-state index contributed by atoms with van der Waals surface area (Å²) in [5.41, 5.74) is 0. The predicted octanol–water partition coefficient (Wildman–Crippen LogP) is 7.26. The molecule has 0 aliphatic heterocycles. The quantitative estimate of drug-likeness (QED) is 0.0231. The molecule has 0 aromatic carbocycles. The maximum absolute atomic E-state index is 11.1. The molecule has 16 heteroatoms. The second kappa shape index (κ2) is 38.8. The van der Waals surface area contributed by atoms with Crippen LogP contribution in [0.25, 0.3) is 0 Å². The minimum atomic E-state index is -3.33. The van der Waals surface area contributed by atoms with Crippen molar-refractivity contribution in [3.8, 4) is 0 Å². The van der Waals surface area contributed by atoms with E-state index in [-0.39, 0.29) is 55.1 Å². The molecule has 0 fully saturated rings. The number of rotatable bonds is 30. The van der Waals surface area contributed by atoms with Crippen molar-refractivity contribution in [1.82, 2.24) is 0 Å². The number of hydrogen-bond acceptors (Lipinski definition) is 12. The molecule has 0 saturated carbocycles. The number of esters is 3. The van der Waals surface area contributed by atoms with Gasteiger partial charge in [0.2, 0.25) is 0 Å². The molecule has 0 bridgehead atoms. The first-order valence-corrected chi connectivity index (χ1v) is 25.9. The Kier molecular flexibility index (Phi) is 43.4. The van der Waals surface area contributed by atoms with E-state index in [4.69, 9.17) is 14.2 Å². The zero-order valence-corrected chi connectivity index (χ0v) is 37.2. The van der Waals surface area contributed by atoms with Crippen molar-refractivity contribution in [3.63, 3.8) is 0 Å². The Morgan fingerprint density at radius 1 is 0.404 bits per heavy atom. The van der Waals surface area contributed by atoms with Crippen molar-refractivity contribution in [1.29, 1.82) is 0 Å². The first-order chi connectivity index (χ1) is 23.9.